The van der Waals surface area contributed by atoms with E-state index in [2.05, 4.69) is 235 Å². The van der Waals surface area contributed by atoms with Gasteiger partial charge in [0.2, 0.25) is 0 Å². The Morgan fingerprint density at radius 1 is 0.302 bits per heavy atom. The largest absolute Gasteiger partial charge is 0.456 e. The second-order valence-electron chi connectivity index (χ2n) is 16.7. The van der Waals surface area contributed by atoms with Crippen LogP contribution in [0.1, 0.15) is 22.3 Å². The molecule has 0 unspecified atom stereocenters. The summed E-state index contributed by atoms with van der Waals surface area (Å²) in [5, 5.41) is 9.78. The van der Waals surface area contributed by atoms with Crippen LogP contribution in [-0.4, -0.2) is 0 Å². The SMILES string of the molecule is c1ccc(N(c2ccc(-c3cccc4c5ccc6oc7ccccc7c6c5c5ccccc5c34)cc2)c2ccc3c(c2)C(c2ccccc2)(c2ccccc2)c2ccccc2-3)cc1. The smallest absolute Gasteiger partial charge is 0.136 e. The van der Waals surface area contributed by atoms with Gasteiger partial charge < -0.3 is 9.32 Å². The molecule has 0 fully saturated rings. The number of para-hydroxylation sites is 2. The molecule has 0 aliphatic heterocycles. The van der Waals surface area contributed by atoms with Gasteiger partial charge in [0.25, 0.3) is 0 Å². The Morgan fingerprint density at radius 2 is 0.825 bits per heavy atom. The van der Waals surface area contributed by atoms with Crippen LogP contribution in [0.5, 0.6) is 0 Å². The standard InChI is InChI=1S/C61H39NO/c1-4-17-41(18-5-1)61(42-19-6-2-7-20-42)54-29-14-12-23-47(54)48-36-35-45(39-55(48)61)62(43-21-8-3-9-22-43)44-33-31-40(32-34-44)46-27-16-28-50-52-37-38-57-60(53-26-13-15-30-56(53)63-57)59(52)51-25-11-10-24-49(51)58(46)50/h1-39H. The normalized spacial score (nSPS) is 12.9. The predicted molar refractivity (Wildman–Crippen MR) is 264 cm³/mol. The molecule has 1 aliphatic carbocycles. The Bertz CT molecular complexity index is 3650. The summed E-state index contributed by atoms with van der Waals surface area (Å²) in [6.07, 6.45) is 0. The van der Waals surface area contributed by atoms with Gasteiger partial charge in [-0.15, -0.1) is 0 Å². The highest BCUT2D eigenvalue weighted by Crippen LogP contribution is 2.57. The van der Waals surface area contributed by atoms with Crippen molar-refractivity contribution in [2.24, 2.45) is 0 Å². The number of nitrogens with zero attached hydrogens (tertiary/aromatic N) is 1. The molecule has 2 heteroatoms. The minimum atomic E-state index is -0.492. The third kappa shape index (κ3) is 5.19. The van der Waals surface area contributed by atoms with Gasteiger partial charge in [0, 0.05) is 33.2 Å². The number of rotatable bonds is 6. The highest BCUT2D eigenvalue weighted by molar-refractivity contribution is 6.36. The van der Waals surface area contributed by atoms with Gasteiger partial charge in [-0.3, -0.25) is 0 Å². The minimum absolute atomic E-state index is 0.492. The molecule has 2 nitrogen and oxygen atoms in total. The van der Waals surface area contributed by atoms with Crippen molar-refractivity contribution in [2.45, 2.75) is 5.41 Å². The number of anilines is 3. The summed E-state index contributed by atoms with van der Waals surface area (Å²) in [6.45, 7) is 0. The number of furan rings is 1. The van der Waals surface area contributed by atoms with E-state index in [4.69, 9.17) is 4.42 Å². The van der Waals surface area contributed by atoms with Gasteiger partial charge in [-0.05, 0) is 126 Å². The van der Waals surface area contributed by atoms with E-state index >= 15 is 0 Å². The molecule has 0 atom stereocenters. The number of benzene rings is 11. The molecule has 0 N–H and O–H groups in total. The quantitative estimate of drug-likeness (QED) is 0.156. The molecular weight excluding hydrogens is 763 g/mol. The average Bonchev–Trinajstić information content (AvgIpc) is 3.89. The fourth-order valence-corrected chi connectivity index (χ4v) is 10.9. The van der Waals surface area contributed by atoms with Gasteiger partial charge in [-0.1, -0.05) is 182 Å². The topological polar surface area (TPSA) is 16.4 Å². The molecule has 63 heavy (non-hydrogen) atoms. The lowest BCUT2D eigenvalue weighted by molar-refractivity contribution is 0.669. The first kappa shape index (κ1) is 35.5. The monoisotopic (exact) mass is 801 g/mol. The molecule has 0 bridgehead atoms. The molecule has 13 rings (SSSR count). The van der Waals surface area contributed by atoms with E-state index in [1.807, 2.05) is 6.07 Å². The van der Waals surface area contributed by atoms with Gasteiger partial charge in [0.15, 0.2) is 0 Å². The third-order valence-corrected chi connectivity index (χ3v) is 13.5. The molecule has 0 saturated heterocycles. The molecule has 1 aliphatic rings. The van der Waals surface area contributed by atoms with Crippen molar-refractivity contribution in [1.29, 1.82) is 0 Å². The van der Waals surface area contributed by atoms with Crippen molar-refractivity contribution in [3.05, 3.63) is 259 Å². The summed E-state index contributed by atoms with van der Waals surface area (Å²) >= 11 is 0. The lowest BCUT2D eigenvalue weighted by Crippen LogP contribution is -2.28. The van der Waals surface area contributed by atoms with Crippen LogP contribution in [0.15, 0.2) is 241 Å². The first-order valence-corrected chi connectivity index (χ1v) is 21.8. The maximum Gasteiger partial charge on any atom is 0.136 e. The molecular formula is C61H39NO. The van der Waals surface area contributed by atoms with Gasteiger partial charge in [-0.25, -0.2) is 0 Å². The van der Waals surface area contributed by atoms with Crippen molar-refractivity contribution < 1.29 is 4.42 Å². The van der Waals surface area contributed by atoms with E-state index in [9.17, 15) is 0 Å². The summed E-state index contributed by atoms with van der Waals surface area (Å²) in [5.41, 5.74) is 14.7. The van der Waals surface area contributed by atoms with Gasteiger partial charge in [0.1, 0.15) is 11.2 Å². The van der Waals surface area contributed by atoms with Gasteiger partial charge in [0.05, 0.1) is 5.41 Å². The first-order valence-electron chi connectivity index (χ1n) is 21.8. The Hall–Kier alpha value is -8.20. The van der Waals surface area contributed by atoms with Crippen LogP contribution in [0.2, 0.25) is 0 Å². The molecule has 0 spiro atoms. The van der Waals surface area contributed by atoms with E-state index in [1.165, 1.54) is 82.2 Å². The van der Waals surface area contributed by atoms with Crippen molar-refractivity contribution in [3.8, 4) is 22.3 Å². The van der Waals surface area contributed by atoms with Crippen LogP contribution in [0, 0.1) is 0 Å². The fraction of sp³-hybridized carbons (Fsp3) is 0.0164. The van der Waals surface area contributed by atoms with Crippen LogP contribution < -0.4 is 4.90 Å². The Labute approximate surface area is 365 Å². The summed E-state index contributed by atoms with van der Waals surface area (Å²) in [5.74, 6) is 0. The summed E-state index contributed by atoms with van der Waals surface area (Å²) in [7, 11) is 0. The van der Waals surface area contributed by atoms with Crippen molar-refractivity contribution in [1.82, 2.24) is 0 Å². The minimum Gasteiger partial charge on any atom is -0.456 e. The molecule has 1 heterocycles. The number of hydrogen-bond acceptors (Lipinski definition) is 2. The lowest BCUT2D eigenvalue weighted by Gasteiger charge is -2.35. The van der Waals surface area contributed by atoms with Crippen LogP contribution >= 0.6 is 0 Å². The molecule has 294 valence electrons. The summed E-state index contributed by atoms with van der Waals surface area (Å²) in [6, 6.07) is 86.5. The first-order chi connectivity index (χ1) is 31.3. The number of hydrogen-bond donors (Lipinski definition) is 0. The van der Waals surface area contributed by atoms with E-state index in [0.29, 0.717) is 0 Å². The zero-order valence-corrected chi connectivity index (χ0v) is 34.4. The van der Waals surface area contributed by atoms with Gasteiger partial charge >= 0.3 is 0 Å². The predicted octanol–water partition coefficient (Wildman–Crippen LogP) is 16.5. The summed E-state index contributed by atoms with van der Waals surface area (Å²) < 4.78 is 6.39. The summed E-state index contributed by atoms with van der Waals surface area (Å²) in [4.78, 5) is 2.40. The van der Waals surface area contributed by atoms with Crippen molar-refractivity contribution in [2.75, 3.05) is 4.90 Å². The highest BCUT2D eigenvalue weighted by Gasteiger charge is 2.46. The molecule has 11 aromatic carbocycles. The molecule has 0 saturated carbocycles. The molecule has 0 radical (unpaired) electrons. The second-order valence-corrected chi connectivity index (χ2v) is 16.7. The molecule has 12 aromatic rings. The van der Waals surface area contributed by atoms with Crippen LogP contribution in [0.4, 0.5) is 17.1 Å². The highest BCUT2D eigenvalue weighted by atomic mass is 16.3. The van der Waals surface area contributed by atoms with Crippen LogP contribution in [0.3, 0.4) is 0 Å². The van der Waals surface area contributed by atoms with Crippen molar-refractivity contribution >= 4 is 71.3 Å². The van der Waals surface area contributed by atoms with E-state index < -0.39 is 5.41 Å². The zero-order valence-electron chi connectivity index (χ0n) is 34.4. The molecule has 0 amide bonds. The van der Waals surface area contributed by atoms with E-state index in [1.54, 1.807) is 0 Å². The average molecular weight is 802 g/mol. The zero-order chi connectivity index (χ0) is 41.5. The van der Waals surface area contributed by atoms with E-state index in [0.717, 1.165) is 33.6 Å². The fourth-order valence-electron chi connectivity index (χ4n) is 10.9. The Balaban J connectivity index is 0.995. The lowest BCUT2D eigenvalue weighted by atomic mass is 9.67. The Kier molecular flexibility index (Phi) is 7.85. The number of fused-ring (bicyclic) bond motifs is 13. The third-order valence-electron chi connectivity index (χ3n) is 13.5. The van der Waals surface area contributed by atoms with E-state index in [-0.39, 0.29) is 0 Å². The molecule has 1 aromatic heterocycles. The maximum atomic E-state index is 6.39. The van der Waals surface area contributed by atoms with Crippen LogP contribution in [0.25, 0.3) is 76.5 Å². The van der Waals surface area contributed by atoms with Gasteiger partial charge in [-0.2, -0.15) is 0 Å². The van der Waals surface area contributed by atoms with Crippen LogP contribution in [-0.2, 0) is 5.41 Å². The maximum absolute atomic E-state index is 6.39. The Morgan fingerprint density at radius 3 is 1.56 bits per heavy atom. The second kappa shape index (κ2) is 13.9. The van der Waals surface area contributed by atoms with Crippen molar-refractivity contribution in [3.63, 3.8) is 0 Å².